The molecule has 0 radical (unpaired) electrons. The van der Waals surface area contributed by atoms with Gasteiger partial charge in [0.25, 0.3) is 0 Å². The molecule has 0 amide bonds. The van der Waals surface area contributed by atoms with E-state index in [0.717, 1.165) is 54.9 Å². The fraction of sp³-hybridized carbons (Fsp3) is 0.276. The number of fused-ring (bicyclic) bond motifs is 3. The van der Waals surface area contributed by atoms with E-state index in [1.54, 1.807) is 0 Å². The number of H-pyrrole nitrogens is 1. The van der Waals surface area contributed by atoms with Crippen LogP contribution in [0.2, 0.25) is 0 Å². The Morgan fingerprint density at radius 2 is 1.81 bits per heavy atom. The lowest BCUT2D eigenvalue weighted by Crippen LogP contribution is -2.19. The number of aromatic amines is 1. The third kappa shape index (κ3) is 4.00. The van der Waals surface area contributed by atoms with Crippen LogP contribution in [0.25, 0.3) is 11.0 Å². The molecule has 3 heterocycles. The molecule has 2 aromatic heterocycles. The first kappa shape index (κ1) is 22.3. The normalized spacial score (nSPS) is 13.0. The predicted molar refractivity (Wildman–Crippen MR) is 141 cm³/mol. The molecule has 0 bridgehead atoms. The lowest BCUT2D eigenvalue weighted by atomic mass is 10.0. The summed E-state index contributed by atoms with van der Waals surface area (Å²) in [5, 5.41) is 3.92. The van der Waals surface area contributed by atoms with Gasteiger partial charge in [-0.25, -0.2) is 9.78 Å². The molecule has 6 rings (SSSR count). The molecule has 3 aromatic carbocycles. The number of nitrogens with one attached hydrogen (secondary N) is 1. The highest BCUT2D eigenvalue weighted by Crippen LogP contribution is 2.37. The van der Waals surface area contributed by atoms with Crippen LogP contribution >= 0.6 is 0 Å². The van der Waals surface area contributed by atoms with Crippen LogP contribution in [0.15, 0.2) is 70.0 Å². The molecular weight excluding hydrogens is 450 g/mol. The minimum Gasteiger partial charge on any atom is -0.333 e. The van der Waals surface area contributed by atoms with Crippen molar-refractivity contribution >= 4 is 22.4 Å². The summed E-state index contributed by atoms with van der Waals surface area (Å²) in [4.78, 5) is 21.5. The van der Waals surface area contributed by atoms with Crippen molar-refractivity contribution in [2.75, 3.05) is 4.90 Å². The highest BCUT2D eigenvalue weighted by molar-refractivity contribution is 5.79. The maximum Gasteiger partial charge on any atom is 0.438 e. The SMILES string of the molecule is CCCc1nc2c(C)cccc2n1Cc1ccc2c(c1)CCc1ccccc1N2Cc1noc(=O)[nH]1. The molecule has 1 aliphatic heterocycles. The molecule has 0 saturated heterocycles. The van der Waals surface area contributed by atoms with Crippen LogP contribution in [0.3, 0.4) is 0 Å². The minimum atomic E-state index is -0.533. The van der Waals surface area contributed by atoms with Crippen molar-refractivity contribution in [3.8, 4) is 0 Å². The molecule has 0 fully saturated rings. The van der Waals surface area contributed by atoms with E-state index in [2.05, 4.69) is 94.1 Å². The van der Waals surface area contributed by atoms with Crippen LogP contribution in [-0.2, 0) is 32.4 Å². The first-order chi connectivity index (χ1) is 17.6. The standard InChI is InChI=1S/C29H29N5O2/c1-3-7-27-31-28-19(2)8-6-11-25(28)34(27)17-20-12-15-24-22(16-20)14-13-21-9-4-5-10-23(21)33(24)18-26-30-29(35)36-32-26/h4-6,8-12,15-16H,3,7,13-14,17-18H2,1-2H3,(H,30,32,35). The largest absolute Gasteiger partial charge is 0.438 e. The van der Waals surface area contributed by atoms with Gasteiger partial charge in [-0.3, -0.25) is 9.51 Å². The summed E-state index contributed by atoms with van der Waals surface area (Å²) in [6, 6.07) is 21.6. The first-order valence-corrected chi connectivity index (χ1v) is 12.6. The van der Waals surface area contributed by atoms with Crippen molar-refractivity contribution in [2.24, 2.45) is 0 Å². The van der Waals surface area contributed by atoms with Crippen LogP contribution < -0.4 is 10.7 Å². The summed E-state index contributed by atoms with van der Waals surface area (Å²) in [6.07, 6.45) is 3.91. The van der Waals surface area contributed by atoms with Crippen molar-refractivity contribution in [3.63, 3.8) is 0 Å². The van der Waals surface area contributed by atoms with Crippen molar-refractivity contribution in [1.82, 2.24) is 19.7 Å². The van der Waals surface area contributed by atoms with Crippen molar-refractivity contribution in [2.45, 2.75) is 52.6 Å². The quantitative estimate of drug-likeness (QED) is 0.350. The number of rotatable bonds is 6. The van der Waals surface area contributed by atoms with E-state index < -0.39 is 5.76 Å². The van der Waals surface area contributed by atoms with Gasteiger partial charge in [0.15, 0.2) is 5.82 Å². The first-order valence-electron chi connectivity index (χ1n) is 12.6. The third-order valence-corrected chi connectivity index (χ3v) is 7.05. The molecule has 0 spiro atoms. The average molecular weight is 480 g/mol. The number of hydrogen-bond acceptors (Lipinski definition) is 5. The number of imidazole rings is 1. The van der Waals surface area contributed by atoms with Gasteiger partial charge in [-0.2, -0.15) is 0 Å². The molecule has 0 atom stereocenters. The number of aromatic nitrogens is 4. The molecule has 7 nitrogen and oxygen atoms in total. The van der Waals surface area contributed by atoms with Gasteiger partial charge in [0.1, 0.15) is 5.82 Å². The minimum absolute atomic E-state index is 0.432. The van der Waals surface area contributed by atoms with Crippen LogP contribution in [0, 0.1) is 6.92 Å². The number of nitrogens with zero attached hydrogens (tertiary/aromatic N) is 4. The van der Waals surface area contributed by atoms with Crippen molar-refractivity contribution < 1.29 is 4.52 Å². The Morgan fingerprint density at radius 1 is 0.972 bits per heavy atom. The lowest BCUT2D eigenvalue weighted by Gasteiger charge is -2.26. The molecule has 182 valence electrons. The van der Waals surface area contributed by atoms with Gasteiger partial charge in [-0.15, -0.1) is 0 Å². The number of anilines is 2. The van der Waals surface area contributed by atoms with Crippen LogP contribution in [0.4, 0.5) is 11.4 Å². The Morgan fingerprint density at radius 3 is 2.64 bits per heavy atom. The van der Waals surface area contributed by atoms with E-state index in [0.29, 0.717) is 12.4 Å². The molecule has 1 N–H and O–H groups in total. The summed E-state index contributed by atoms with van der Waals surface area (Å²) in [5.41, 5.74) is 9.59. The molecule has 0 unspecified atom stereocenters. The van der Waals surface area contributed by atoms with Crippen LogP contribution in [0.5, 0.6) is 0 Å². The summed E-state index contributed by atoms with van der Waals surface area (Å²) in [7, 11) is 0. The van der Waals surface area contributed by atoms with Gasteiger partial charge in [-0.05, 0) is 66.6 Å². The van der Waals surface area contributed by atoms with Crippen molar-refractivity contribution in [3.05, 3.63) is 105 Å². The third-order valence-electron chi connectivity index (χ3n) is 7.05. The second-order valence-electron chi connectivity index (χ2n) is 9.53. The maximum absolute atomic E-state index is 11.6. The molecule has 0 aliphatic carbocycles. The van der Waals surface area contributed by atoms with Crippen LogP contribution in [-0.4, -0.2) is 19.7 Å². The Hall–Kier alpha value is -4.13. The number of aryl methyl sites for hydroxylation is 4. The number of para-hydroxylation sites is 2. The van der Waals surface area contributed by atoms with Gasteiger partial charge >= 0.3 is 5.76 Å². The van der Waals surface area contributed by atoms with E-state index >= 15 is 0 Å². The summed E-state index contributed by atoms with van der Waals surface area (Å²) < 4.78 is 7.14. The van der Waals surface area contributed by atoms with E-state index in [1.165, 1.54) is 27.8 Å². The van der Waals surface area contributed by atoms with Gasteiger partial charge in [0.2, 0.25) is 0 Å². The summed E-state index contributed by atoms with van der Waals surface area (Å²) in [6.45, 7) is 5.55. The molecule has 36 heavy (non-hydrogen) atoms. The van der Waals surface area contributed by atoms with E-state index in [1.807, 2.05) is 0 Å². The Labute approximate surface area is 209 Å². The highest BCUT2D eigenvalue weighted by Gasteiger charge is 2.23. The fourth-order valence-corrected chi connectivity index (χ4v) is 5.34. The van der Waals surface area contributed by atoms with E-state index in [4.69, 9.17) is 9.51 Å². The second-order valence-corrected chi connectivity index (χ2v) is 9.53. The van der Waals surface area contributed by atoms with Crippen LogP contribution in [0.1, 0.15) is 47.2 Å². The highest BCUT2D eigenvalue weighted by atomic mass is 16.5. The van der Waals surface area contributed by atoms with Gasteiger partial charge < -0.3 is 9.47 Å². The number of benzene rings is 3. The summed E-state index contributed by atoms with van der Waals surface area (Å²) in [5.74, 6) is 1.12. The average Bonchev–Trinajstić information content (AvgIpc) is 3.41. The molecule has 1 aliphatic rings. The molecule has 5 aromatic rings. The Bertz CT molecular complexity index is 1610. The second kappa shape index (κ2) is 9.15. The Kier molecular flexibility index (Phi) is 5.68. The van der Waals surface area contributed by atoms with Gasteiger partial charge in [0, 0.05) is 24.3 Å². The lowest BCUT2D eigenvalue weighted by molar-refractivity contribution is 0.381. The Balaban J connectivity index is 1.40. The molecular formula is C29H29N5O2. The topological polar surface area (TPSA) is 79.9 Å². The van der Waals surface area contributed by atoms with Crippen molar-refractivity contribution in [1.29, 1.82) is 0 Å². The maximum atomic E-state index is 11.6. The van der Waals surface area contributed by atoms with E-state index in [-0.39, 0.29) is 0 Å². The molecule has 0 saturated carbocycles. The zero-order valence-corrected chi connectivity index (χ0v) is 20.6. The monoisotopic (exact) mass is 479 g/mol. The van der Waals surface area contributed by atoms with Gasteiger partial charge in [-0.1, -0.05) is 54.5 Å². The summed E-state index contributed by atoms with van der Waals surface area (Å²) >= 11 is 0. The number of hydrogen-bond donors (Lipinski definition) is 1. The zero-order valence-electron chi connectivity index (χ0n) is 20.6. The smallest absolute Gasteiger partial charge is 0.333 e. The van der Waals surface area contributed by atoms with Gasteiger partial charge in [0.05, 0.1) is 17.6 Å². The predicted octanol–water partition coefficient (Wildman–Crippen LogP) is 5.46. The molecule has 7 heteroatoms. The fourth-order valence-electron chi connectivity index (χ4n) is 5.34. The van der Waals surface area contributed by atoms with E-state index in [9.17, 15) is 4.79 Å². The zero-order chi connectivity index (χ0) is 24.6.